The number of benzene rings is 1. The number of H-pyrrole nitrogens is 1. The molecule has 25 heavy (non-hydrogen) atoms. The second kappa shape index (κ2) is 6.63. The van der Waals surface area contributed by atoms with Crippen molar-refractivity contribution in [1.82, 2.24) is 19.1 Å². The highest BCUT2D eigenvalue weighted by Crippen LogP contribution is 2.15. The van der Waals surface area contributed by atoms with Crippen LogP contribution in [0.4, 0.5) is 5.95 Å². The predicted octanol–water partition coefficient (Wildman–Crippen LogP) is 0.162. The van der Waals surface area contributed by atoms with Crippen LogP contribution in [0.25, 0.3) is 11.2 Å². The van der Waals surface area contributed by atoms with E-state index in [1.54, 1.807) is 0 Å². The number of carboxylic acid groups (broad SMARTS) is 1. The molecule has 1 aromatic carbocycles. The lowest BCUT2D eigenvalue weighted by Crippen LogP contribution is -2.29. The number of carbonyl (C=O) groups is 1. The summed E-state index contributed by atoms with van der Waals surface area (Å²) in [6.45, 7) is 0.0598. The third kappa shape index (κ3) is 3.30. The third-order valence-electron chi connectivity index (χ3n) is 3.84. The van der Waals surface area contributed by atoms with Crippen molar-refractivity contribution in [3.8, 4) is 0 Å². The average molecular weight is 343 g/mol. The summed E-state index contributed by atoms with van der Waals surface area (Å²) in [6.07, 6.45) is 0.701. The number of aryl methyl sites for hydroxylation is 1. The van der Waals surface area contributed by atoms with Gasteiger partial charge < -0.3 is 10.4 Å². The van der Waals surface area contributed by atoms with Crippen LogP contribution in [-0.4, -0.2) is 36.7 Å². The summed E-state index contributed by atoms with van der Waals surface area (Å²) in [7, 11) is 1.46. The van der Waals surface area contributed by atoms with E-state index in [4.69, 9.17) is 5.11 Å². The number of aromatic amines is 1. The van der Waals surface area contributed by atoms with E-state index in [0.717, 1.165) is 5.56 Å². The molecule has 0 bridgehead atoms. The van der Waals surface area contributed by atoms with E-state index in [0.29, 0.717) is 13.0 Å². The maximum Gasteiger partial charge on any atom is 0.329 e. The minimum absolute atomic E-state index is 0.0479. The SMILES string of the molecule is Cn1c(=O)[nH]c(=O)c2c1nc(NCCc1ccccc1)n2CC(=O)O. The van der Waals surface area contributed by atoms with Crippen LogP contribution >= 0.6 is 0 Å². The van der Waals surface area contributed by atoms with Crippen molar-refractivity contribution in [2.24, 2.45) is 7.05 Å². The molecule has 0 atom stereocenters. The summed E-state index contributed by atoms with van der Waals surface area (Å²) in [5.74, 6) is -0.876. The highest BCUT2D eigenvalue weighted by Gasteiger charge is 2.18. The molecule has 0 aliphatic rings. The fraction of sp³-hybridized carbons (Fsp3) is 0.250. The molecule has 0 fully saturated rings. The van der Waals surface area contributed by atoms with Crippen LogP contribution < -0.4 is 16.6 Å². The van der Waals surface area contributed by atoms with E-state index in [9.17, 15) is 14.4 Å². The fourth-order valence-electron chi connectivity index (χ4n) is 2.62. The summed E-state index contributed by atoms with van der Waals surface area (Å²) >= 11 is 0. The Balaban J connectivity index is 1.97. The molecule has 9 nitrogen and oxygen atoms in total. The number of fused-ring (bicyclic) bond motifs is 1. The van der Waals surface area contributed by atoms with E-state index in [1.165, 1.54) is 16.2 Å². The van der Waals surface area contributed by atoms with Gasteiger partial charge in [-0.25, -0.2) is 4.79 Å². The fourth-order valence-corrected chi connectivity index (χ4v) is 2.62. The number of anilines is 1. The van der Waals surface area contributed by atoms with E-state index < -0.39 is 23.8 Å². The summed E-state index contributed by atoms with van der Waals surface area (Å²) in [5, 5.41) is 12.2. The first-order valence-electron chi connectivity index (χ1n) is 7.66. The minimum atomic E-state index is -1.11. The van der Waals surface area contributed by atoms with Gasteiger partial charge in [-0.1, -0.05) is 30.3 Å². The molecule has 0 saturated heterocycles. The van der Waals surface area contributed by atoms with Crippen molar-refractivity contribution in [2.45, 2.75) is 13.0 Å². The van der Waals surface area contributed by atoms with Gasteiger partial charge >= 0.3 is 11.7 Å². The lowest BCUT2D eigenvalue weighted by atomic mass is 10.1. The number of nitrogens with zero attached hydrogens (tertiary/aromatic N) is 3. The molecule has 3 N–H and O–H groups in total. The molecular formula is C16H17N5O4. The Labute approximate surface area is 141 Å². The predicted molar refractivity (Wildman–Crippen MR) is 91.9 cm³/mol. The quantitative estimate of drug-likeness (QED) is 0.586. The minimum Gasteiger partial charge on any atom is -0.480 e. The summed E-state index contributed by atoms with van der Waals surface area (Å²) < 4.78 is 2.44. The van der Waals surface area contributed by atoms with Gasteiger partial charge in [0.25, 0.3) is 5.56 Å². The highest BCUT2D eigenvalue weighted by molar-refractivity contribution is 5.77. The number of aliphatic carboxylic acids is 1. The Morgan fingerprint density at radius 1 is 1.28 bits per heavy atom. The third-order valence-corrected chi connectivity index (χ3v) is 3.84. The smallest absolute Gasteiger partial charge is 0.329 e. The van der Waals surface area contributed by atoms with E-state index in [-0.39, 0.29) is 17.1 Å². The van der Waals surface area contributed by atoms with Crippen LogP contribution in [0.1, 0.15) is 5.56 Å². The van der Waals surface area contributed by atoms with Gasteiger partial charge in [0.1, 0.15) is 6.54 Å². The first kappa shape index (κ1) is 16.5. The maximum atomic E-state index is 12.1. The molecule has 3 rings (SSSR count). The van der Waals surface area contributed by atoms with Crippen molar-refractivity contribution < 1.29 is 9.90 Å². The van der Waals surface area contributed by atoms with Crippen LogP contribution in [0, 0.1) is 0 Å². The van der Waals surface area contributed by atoms with Gasteiger partial charge in [0.2, 0.25) is 5.95 Å². The molecule has 0 aliphatic heterocycles. The topological polar surface area (TPSA) is 122 Å². The molecule has 3 aromatic rings. The molecule has 2 heterocycles. The monoisotopic (exact) mass is 343 g/mol. The number of nitrogens with one attached hydrogen (secondary N) is 2. The van der Waals surface area contributed by atoms with Crippen LogP contribution in [-0.2, 0) is 24.8 Å². The van der Waals surface area contributed by atoms with Crippen LogP contribution in [0.5, 0.6) is 0 Å². The second-order valence-corrected chi connectivity index (χ2v) is 5.57. The number of imidazole rings is 1. The van der Waals surface area contributed by atoms with Gasteiger partial charge in [0, 0.05) is 13.6 Å². The van der Waals surface area contributed by atoms with Crippen molar-refractivity contribution >= 4 is 23.1 Å². The Kier molecular flexibility index (Phi) is 4.38. The van der Waals surface area contributed by atoms with Crippen LogP contribution in [0.2, 0.25) is 0 Å². The Morgan fingerprint density at radius 2 is 2.00 bits per heavy atom. The zero-order valence-corrected chi connectivity index (χ0v) is 13.5. The number of hydrogen-bond donors (Lipinski definition) is 3. The van der Waals surface area contributed by atoms with Gasteiger partial charge in [-0.2, -0.15) is 4.98 Å². The lowest BCUT2D eigenvalue weighted by molar-refractivity contribution is -0.137. The van der Waals surface area contributed by atoms with Gasteiger partial charge in [-0.3, -0.25) is 23.7 Å². The van der Waals surface area contributed by atoms with Crippen molar-refractivity contribution in [2.75, 3.05) is 11.9 Å². The van der Waals surface area contributed by atoms with E-state index in [2.05, 4.69) is 15.3 Å². The molecule has 0 amide bonds. The summed E-state index contributed by atoms with van der Waals surface area (Å²) in [4.78, 5) is 41.4. The summed E-state index contributed by atoms with van der Waals surface area (Å²) in [5.41, 5.74) is 0.0290. The number of hydrogen-bond acceptors (Lipinski definition) is 5. The van der Waals surface area contributed by atoms with E-state index >= 15 is 0 Å². The lowest BCUT2D eigenvalue weighted by Gasteiger charge is -2.08. The van der Waals surface area contributed by atoms with Crippen molar-refractivity contribution in [3.05, 3.63) is 56.7 Å². The van der Waals surface area contributed by atoms with Crippen LogP contribution in [0.15, 0.2) is 39.9 Å². The Bertz CT molecular complexity index is 1030. The molecule has 0 spiro atoms. The standard InChI is InChI=1S/C16H17N5O4/c1-20-13-12(14(24)19-16(20)25)21(9-11(22)23)15(18-13)17-8-7-10-5-3-2-4-6-10/h2-6H,7-9H2,1H3,(H,17,18)(H,22,23)(H,19,24,25). The molecule has 0 saturated carbocycles. The zero-order valence-electron chi connectivity index (χ0n) is 13.5. The van der Waals surface area contributed by atoms with E-state index in [1.807, 2.05) is 30.3 Å². The van der Waals surface area contributed by atoms with Crippen molar-refractivity contribution in [3.63, 3.8) is 0 Å². The first-order chi connectivity index (χ1) is 12.0. The summed E-state index contributed by atoms with van der Waals surface area (Å²) in [6, 6.07) is 9.76. The molecule has 9 heteroatoms. The Hall–Kier alpha value is -3.36. The molecule has 0 aliphatic carbocycles. The first-order valence-corrected chi connectivity index (χ1v) is 7.66. The molecule has 0 radical (unpaired) electrons. The van der Waals surface area contributed by atoms with Gasteiger partial charge in [0.15, 0.2) is 11.2 Å². The zero-order chi connectivity index (χ0) is 18.0. The molecule has 0 unspecified atom stereocenters. The number of aromatic nitrogens is 4. The maximum absolute atomic E-state index is 12.1. The Morgan fingerprint density at radius 3 is 2.68 bits per heavy atom. The normalized spacial score (nSPS) is 10.9. The number of carboxylic acids is 1. The van der Waals surface area contributed by atoms with Gasteiger partial charge in [-0.05, 0) is 12.0 Å². The van der Waals surface area contributed by atoms with Gasteiger partial charge in [0.05, 0.1) is 0 Å². The van der Waals surface area contributed by atoms with Crippen molar-refractivity contribution in [1.29, 1.82) is 0 Å². The number of rotatable bonds is 6. The highest BCUT2D eigenvalue weighted by atomic mass is 16.4. The van der Waals surface area contributed by atoms with Crippen LogP contribution in [0.3, 0.4) is 0 Å². The molecule has 130 valence electrons. The molecular weight excluding hydrogens is 326 g/mol. The molecule has 2 aromatic heterocycles. The largest absolute Gasteiger partial charge is 0.480 e. The average Bonchev–Trinajstić information content (AvgIpc) is 2.92. The van der Waals surface area contributed by atoms with Gasteiger partial charge in [-0.15, -0.1) is 0 Å². The second-order valence-electron chi connectivity index (χ2n) is 5.57.